The Hall–Kier alpha value is -0.570. The average molecular weight is 198 g/mol. The molecule has 3 nitrogen and oxygen atoms in total. The predicted molar refractivity (Wildman–Crippen MR) is 57.8 cm³/mol. The third-order valence-electron chi connectivity index (χ3n) is 2.97. The van der Waals surface area contributed by atoms with Gasteiger partial charge < -0.3 is 11.1 Å². The molecule has 0 aromatic heterocycles. The standard InChI is InChI=1S/C11H22N2O/c1-8(9-4-5-9)10(14)13-11(2,3)6-7-12/h8-9H,4-7,12H2,1-3H3,(H,13,14). The van der Waals surface area contributed by atoms with Crippen LogP contribution in [0.15, 0.2) is 0 Å². The van der Waals surface area contributed by atoms with Crippen molar-refractivity contribution in [1.29, 1.82) is 0 Å². The Kier molecular flexibility index (Phi) is 3.53. The lowest BCUT2D eigenvalue weighted by Crippen LogP contribution is -2.47. The molecule has 3 N–H and O–H groups in total. The molecule has 1 atom stereocenters. The fourth-order valence-electron chi connectivity index (χ4n) is 1.68. The molecule has 0 bridgehead atoms. The number of nitrogens with one attached hydrogen (secondary N) is 1. The Balaban J connectivity index is 2.37. The first-order valence-corrected chi connectivity index (χ1v) is 5.48. The molecule has 0 aliphatic heterocycles. The predicted octanol–water partition coefficient (Wildman–Crippen LogP) is 1.28. The zero-order valence-electron chi connectivity index (χ0n) is 9.47. The maximum atomic E-state index is 11.8. The third-order valence-corrected chi connectivity index (χ3v) is 2.97. The lowest BCUT2D eigenvalue weighted by molar-refractivity contribution is -0.126. The summed E-state index contributed by atoms with van der Waals surface area (Å²) in [6.45, 7) is 6.69. The minimum absolute atomic E-state index is 0.158. The maximum Gasteiger partial charge on any atom is 0.223 e. The molecular weight excluding hydrogens is 176 g/mol. The fourth-order valence-corrected chi connectivity index (χ4v) is 1.68. The van der Waals surface area contributed by atoms with Crippen molar-refractivity contribution >= 4 is 5.91 Å². The normalized spacial score (nSPS) is 19.1. The molecule has 3 heteroatoms. The Morgan fingerprint density at radius 1 is 1.57 bits per heavy atom. The van der Waals surface area contributed by atoms with E-state index in [1.165, 1.54) is 12.8 Å². The van der Waals surface area contributed by atoms with Crippen molar-refractivity contribution in [3.8, 4) is 0 Å². The molecule has 0 radical (unpaired) electrons. The number of carbonyl (C=O) groups excluding carboxylic acids is 1. The zero-order chi connectivity index (χ0) is 10.8. The Bertz CT molecular complexity index is 209. The Morgan fingerprint density at radius 3 is 2.57 bits per heavy atom. The number of nitrogens with two attached hydrogens (primary N) is 1. The topological polar surface area (TPSA) is 55.1 Å². The highest BCUT2D eigenvalue weighted by Gasteiger charge is 2.34. The monoisotopic (exact) mass is 198 g/mol. The summed E-state index contributed by atoms with van der Waals surface area (Å²) < 4.78 is 0. The second kappa shape index (κ2) is 4.30. The van der Waals surface area contributed by atoms with Crippen molar-refractivity contribution in [3.63, 3.8) is 0 Å². The molecule has 0 aromatic rings. The van der Waals surface area contributed by atoms with Crippen LogP contribution in [0.3, 0.4) is 0 Å². The molecule has 1 fully saturated rings. The van der Waals surface area contributed by atoms with E-state index in [9.17, 15) is 4.79 Å². The van der Waals surface area contributed by atoms with Gasteiger partial charge in [0.15, 0.2) is 0 Å². The molecular formula is C11H22N2O. The second-order valence-electron chi connectivity index (χ2n) is 5.04. The number of rotatable bonds is 5. The van der Waals surface area contributed by atoms with E-state index in [0.29, 0.717) is 12.5 Å². The highest BCUT2D eigenvalue weighted by atomic mass is 16.2. The summed E-state index contributed by atoms with van der Waals surface area (Å²) in [7, 11) is 0. The third kappa shape index (κ3) is 3.29. The van der Waals surface area contributed by atoms with Crippen molar-refractivity contribution < 1.29 is 4.79 Å². The molecule has 1 rings (SSSR count). The Morgan fingerprint density at radius 2 is 2.14 bits per heavy atom. The van der Waals surface area contributed by atoms with Crippen LogP contribution < -0.4 is 11.1 Å². The van der Waals surface area contributed by atoms with Crippen LogP contribution in [0.5, 0.6) is 0 Å². The van der Waals surface area contributed by atoms with Crippen LogP contribution in [0.1, 0.15) is 40.0 Å². The summed E-state index contributed by atoms with van der Waals surface area (Å²) in [5, 5.41) is 3.06. The molecule has 1 saturated carbocycles. The van der Waals surface area contributed by atoms with E-state index in [4.69, 9.17) is 5.73 Å². The van der Waals surface area contributed by atoms with Gasteiger partial charge in [0.2, 0.25) is 5.91 Å². The number of hydrogen-bond donors (Lipinski definition) is 2. The van der Waals surface area contributed by atoms with Gasteiger partial charge in [-0.1, -0.05) is 6.92 Å². The summed E-state index contributed by atoms with van der Waals surface area (Å²) in [5.74, 6) is 0.988. The van der Waals surface area contributed by atoms with Crippen LogP contribution in [0, 0.1) is 11.8 Å². The minimum Gasteiger partial charge on any atom is -0.351 e. The van der Waals surface area contributed by atoms with Gasteiger partial charge in [-0.15, -0.1) is 0 Å². The van der Waals surface area contributed by atoms with Crippen molar-refractivity contribution in [2.24, 2.45) is 17.6 Å². The van der Waals surface area contributed by atoms with Gasteiger partial charge >= 0.3 is 0 Å². The average Bonchev–Trinajstić information content (AvgIpc) is 2.83. The highest BCUT2D eigenvalue weighted by Crippen LogP contribution is 2.36. The quantitative estimate of drug-likeness (QED) is 0.699. The number of amides is 1. The molecule has 1 aliphatic carbocycles. The fraction of sp³-hybridized carbons (Fsp3) is 0.909. The van der Waals surface area contributed by atoms with Crippen molar-refractivity contribution in [2.45, 2.75) is 45.6 Å². The van der Waals surface area contributed by atoms with E-state index in [1.54, 1.807) is 0 Å². The molecule has 1 aliphatic rings. The van der Waals surface area contributed by atoms with Crippen molar-refractivity contribution in [2.75, 3.05) is 6.54 Å². The van der Waals surface area contributed by atoms with E-state index in [1.807, 2.05) is 20.8 Å². The van der Waals surface area contributed by atoms with Gasteiger partial charge in [0, 0.05) is 11.5 Å². The van der Waals surface area contributed by atoms with Crippen LogP contribution >= 0.6 is 0 Å². The summed E-state index contributed by atoms with van der Waals surface area (Å²) in [4.78, 5) is 11.8. The van der Waals surface area contributed by atoms with E-state index >= 15 is 0 Å². The van der Waals surface area contributed by atoms with Gasteiger partial charge in [0.25, 0.3) is 0 Å². The summed E-state index contributed by atoms with van der Waals surface area (Å²) in [6.07, 6.45) is 3.26. The summed E-state index contributed by atoms with van der Waals surface area (Å²) in [5.41, 5.74) is 5.33. The minimum atomic E-state index is -0.158. The molecule has 1 unspecified atom stereocenters. The Labute approximate surface area is 86.4 Å². The van der Waals surface area contributed by atoms with Crippen LogP contribution in [0.2, 0.25) is 0 Å². The first-order chi connectivity index (χ1) is 6.46. The first kappa shape index (κ1) is 11.5. The summed E-state index contributed by atoms with van der Waals surface area (Å²) in [6, 6.07) is 0. The van der Waals surface area contributed by atoms with Gasteiger partial charge in [0.1, 0.15) is 0 Å². The molecule has 82 valence electrons. The van der Waals surface area contributed by atoms with Gasteiger partial charge in [-0.05, 0) is 45.6 Å². The number of hydrogen-bond acceptors (Lipinski definition) is 2. The van der Waals surface area contributed by atoms with Crippen LogP contribution in [0.4, 0.5) is 0 Å². The number of carbonyl (C=O) groups is 1. The maximum absolute atomic E-state index is 11.8. The summed E-state index contributed by atoms with van der Waals surface area (Å²) >= 11 is 0. The van der Waals surface area contributed by atoms with Gasteiger partial charge in [0.05, 0.1) is 0 Å². The van der Waals surface area contributed by atoms with Crippen LogP contribution in [-0.4, -0.2) is 18.0 Å². The van der Waals surface area contributed by atoms with Crippen LogP contribution in [-0.2, 0) is 4.79 Å². The lowest BCUT2D eigenvalue weighted by Gasteiger charge is -2.27. The van der Waals surface area contributed by atoms with Gasteiger partial charge in [-0.25, -0.2) is 0 Å². The SMILES string of the molecule is CC(C(=O)NC(C)(C)CCN)C1CC1. The molecule has 1 amide bonds. The van der Waals surface area contributed by atoms with E-state index in [0.717, 1.165) is 6.42 Å². The lowest BCUT2D eigenvalue weighted by atomic mass is 9.98. The van der Waals surface area contributed by atoms with Crippen molar-refractivity contribution in [3.05, 3.63) is 0 Å². The molecule has 14 heavy (non-hydrogen) atoms. The highest BCUT2D eigenvalue weighted by molar-refractivity contribution is 5.79. The molecule has 0 heterocycles. The molecule has 0 saturated heterocycles. The first-order valence-electron chi connectivity index (χ1n) is 5.48. The largest absolute Gasteiger partial charge is 0.351 e. The van der Waals surface area contributed by atoms with Gasteiger partial charge in [-0.2, -0.15) is 0 Å². The van der Waals surface area contributed by atoms with Crippen molar-refractivity contribution in [1.82, 2.24) is 5.32 Å². The second-order valence-corrected chi connectivity index (χ2v) is 5.04. The van der Waals surface area contributed by atoms with Gasteiger partial charge in [-0.3, -0.25) is 4.79 Å². The zero-order valence-corrected chi connectivity index (χ0v) is 9.47. The van der Waals surface area contributed by atoms with E-state index in [-0.39, 0.29) is 17.4 Å². The van der Waals surface area contributed by atoms with E-state index in [2.05, 4.69) is 5.32 Å². The molecule has 0 spiro atoms. The smallest absolute Gasteiger partial charge is 0.223 e. The van der Waals surface area contributed by atoms with E-state index < -0.39 is 0 Å². The van der Waals surface area contributed by atoms with Crippen LogP contribution in [0.25, 0.3) is 0 Å². The molecule has 0 aromatic carbocycles.